The second kappa shape index (κ2) is 4.22. The van der Waals surface area contributed by atoms with Crippen LogP contribution < -0.4 is 0 Å². The predicted molar refractivity (Wildman–Crippen MR) is 66.7 cm³/mol. The van der Waals surface area contributed by atoms with Gasteiger partial charge in [0.2, 0.25) is 0 Å². The van der Waals surface area contributed by atoms with Gasteiger partial charge in [0.25, 0.3) is 0 Å². The molecule has 0 radical (unpaired) electrons. The minimum absolute atomic E-state index is 0.519. The summed E-state index contributed by atoms with van der Waals surface area (Å²) < 4.78 is 0. The SMILES string of the molecule is Cc1ccc(C)c(-c2ncnc(Cl)c2C)c1. The van der Waals surface area contributed by atoms with Crippen LogP contribution in [-0.4, -0.2) is 9.97 Å². The minimum atomic E-state index is 0.519. The van der Waals surface area contributed by atoms with Gasteiger partial charge in [-0.1, -0.05) is 29.3 Å². The average molecular weight is 233 g/mol. The number of rotatable bonds is 1. The number of hydrogen-bond donors (Lipinski definition) is 0. The Morgan fingerprint density at radius 3 is 2.56 bits per heavy atom. The normalized spacial score (nSPS) is 10.5. The van der Waals surface area contributed by atoms with E-state index in [1.807, 2.05) is 6.92 Å². The van der Waals surface area contributed by atoms with Crippen molar-refractivity contribution in [2.75, 3.05) is 0 Å². The summed E-state index contributed by atoms with van der Waals surface area (Å²) in [4.78, 5) is 8.29. The quantitative estimate of drug-likeness (QED) is 0.701. The Kier molecular flexibility index (Phi) is 2.92. The zero-order valence-corrected chi connectivity index (χ0v) is 10.3. The lowest BCUT2D eigenvalue weighted by molar-refractivity contribution is 1.13. The van der Waals surface area contributed by atoms with Gasteiger partial charge in [-0.2, -0.15) is 0 Å². The van der Waals surface area contributed by atoms with Crippen LogP contribution in [0, 0.1) is 20.8 Å². The van der Waals surface area contributed by atoms with Crippen LogP contribution in [0.5, 0.6) is 0 Å². The first-order valence-corrected chi connectivity index (χ1v) is 5.52. The van der Waals surface area contributed by atoms with Gasteiger partial charge >= 0.3 is 0 Å². The van der Waals surface area contributed by atoms with Crippen molar-refractivity contribution in [2.45, 2.75) is 20.8 Å². The van der Waals surface area contributed by atoms with Gasteiger partial charge in [-0.25, -0.2) is 9.97 Å². The van der Waals surface area contributed by atoms with E-state index in [9.17, 15) is 0 Å². The van der Waals surface area contributed by atoms with Crippen LogP contribution in [0.4, 0.5) is 0 Å². The summed E-state index contributed by atoms with van der Waals surface area (Å²) in [5.74, 6) is 0. The van der Waals surface area contributed by atoms with E-state index in [0.717, 1.165) is 16.8 Å². The summed E-state index contributed by atoms with van der Waals surface area (Å²) in [6.45, 7) is 6.09. The molecule has 0 unspecified atom stereocenters. The third kappa shape index (κ3) is 1.93. The molecule has 0 saturated carbocycles. The molecule has 1 aromatic heterocycles. The van der Waals surface area contributed by atoms with Crippen LogP contribution in [0.3, 0.4) is 0 Å². The molecule has 1 heterocycles. The van der Waals surface area contributed by atoms with Crippen molar-refractivity contribution in [3.63, 3.8) is 0 Å². The van der Waals surface area contributed by atoms with Gasteiger partial charge in [-0.3, -0.25) is 0 Å². The van der Waals surface area contributed by atoms with Crippen LogP contribution in [0.15, 0.2) is 24.5 Å². The maximum atomic E-state index is 6.00. The van der Waals surface area contributed by atoms with Crippen LogP contribution in [0.25, 0.3) is 11.3 Å². The minimum Gasteiger partial charge on any atom is -0.236 e. The van der Waals surface area contributed by atoms with Gasteiger partial charge in [0.05, 0.1) is 5.69 Å². The number of aromatic nitrogens is 2. The second-order valence-corrected chi connectivity index (χ2v) is 4.31. The zero-order valence-electron chi connectivity index (χ0n) is 9.58. The number of benzene rings is 1. The molecular weight excluding hydrogens is 220 g/mol. The summed E-state index contributed by atoms with van der Waals surface area (Å²) in [6.07, 6.45) is 1.51. The van der Waals surface area contributed by atoms with Crippen LogP contribution >= 0.6 is 11.6 Å². The Morgan fingerprint density at radius 1 is 1.06 bits per heavy atom. The largest absolute Gasteiger partial charge is 0.236 e. The lowest BCUT2D eigenvalue weighted by atomic mass is 10.0. The number of nitrogens with zero attached hydrogens (tertiary/aromatic N) is 2. The topological polar surface area (TPSA) is 25.8 Å². The monoisotopic (exact) mass is 232 g/mol. The molecule has 0 aliphatic heterocycles. The molecule has 1 aromatic carbocycles. The van der Waals surface area contributed by atoms with E-state index in [4.69, 9.17) is 11.6 Å². The molecule has 0 spiro atoms. The summed E-state index contributed by atoms with van der Waals surface area (Å²) in [7, 11) is 0. The van der Waals surface area contributed by atoms with Crippen LogP contribution in [0.1, 0.15) is 16.7 Å². The van der Waals surface area contributed by atoms with Crippen molar-refractivity contribution in [1.82, 2.24) is 9.97 Å². The average Bonchev–Trinajstić information content (AvgIpc) is 2.26. The van der Waals surface area contributed by atoms with Gasteiger partial charge in [-0.15, -0.1) is 0 Å². The zero-order chi connectivity index (χ0) is 11.7. The highest BCUT2D eigenvalue weighted by atomic mass is 35.5. The van der Waals surface area contributed by atoms with E-state index in [-0.39, 0.29) is 0 Å². The molecule has 2 rings (SSSR count). The van der Waals surface area contributed by atoms with E-state index < -0.39 is 0 Å². The number of halogens is 1. The lowest BCUT2D eigenvalue weighted by Crippen LogP contribution is -1.94. The molecule has 0 amide bonds. The predicted octanol–water partition coefficient (Wildman–Crippen LogP) is 3.72. The van der Waals surface area contributed by atoms with E-state index in [0.29, 0.717) is 5.15 Å². The highest BCUT2D eigenvalue weighted by Crippen LogP contribution is 2.27. The Hall–Kier alpha value is -1.41. The molecule has 0 aliphatic rings. The van der Waals surface area contributed by atoms with Gasteiger partial charge in [0.1, 0.15) is 11.5 Å². The third-order valence-corrected chi connectivity index (χ3v) is 3.05. The first-order chi connectivity index (χ1) is 7.59. The first kappa shape index (κ1) is 11.1. The van der Waals surface area contributed by atoms with E-state index in [1.165, 1.54) is 17.5 Å². The highest BCUT2D eigenvalue weighted by Gasteiger charge is 2.09. The summed E-state index contributed by atoms with van der Waals surface area (Å²) in [5.41, 5.74) is 5.39. The summed E-state index contributed by atoms with van der Waals surface area (Å²) in [5, 5.41) is 0.519. The van der Waals surface area contributed by atoms with Gasteiger partial charge in [0, 0.05) is 11.1 Å². The van der Waals surface area contributed by atoms with Crippen LogP contribution in [0.2, 0.25) is 5.15 Å². The molecule has 0 fully saturated rings. The van der Waals surface area contributed by atoms with Crippen molar-refractivity contribution >= 4 is 11.6 Å². The molecule has 0 N–H and O–H groups in total. The molecule has 16 heavy (non-hydrogen) atoms. The third-order valence-electron chi connectivity index (χ3n) is 2.67. The molecule has 82 valence electrons. The molecule has 0 bridgehead atoms. The molecule has 2 aromatic rings. The highest BCUT2D eigenvalue weighted by molar-refractivity contribution is 6.30. The molecular formula is C13H13ClN2. The Labute approximate surface area is 100 Å². The van der Waals surface area contributed by atoms with Gasteiger partial charge in [0.15, 0.2) is 0 Å². The van der Waals surface area contributed by atoms with Crippen molar-refractivity contribution in [1.29, 1.82) is 0 Å². The van der Waals surface area contributed by atoms with Crippen molar-refractivity contribution < 1.29 is 0 Å². The molecule has 3 heteroatoms. The molecule has 0 atom stereocenters. The fourth-order valence-corrected chi connectivity index (χ4v) is 1.82. The molecule has 2 nitrogen and oxygen atoms in total. The molecule has 0 aliphatic carbocycles. The number of aryl methyl sites for hydroxylation is 2. The van der Waals surface area contributed by atoms with E-state index in [2.05, 4.69) is 42.0 Å². The van der Waals surface area contributed by atoms with Crippen molar-refractivity contribution in [3.8, 4) is 11.3 Å². The van der Waals surface area contributed by atoms with E-state index >= 15 is 0 Å². The smallest absolute Gasteiger partial charge is 0.135 e. The fourth-order valence-electron chi connectivity index (χ4n) is 1.69. The Bertz CT molecular complexity index is 535. The second-order valence-electron chi connectivity index (χ2n) is 3.96. The van der Waals surface area contributed by atoms with Crippen molar-refractivity contribution in [2.24, 2.45) is 0 Å². The Balaban J connectivity index is 2.67. The van der Waals surface area contributed by atoms with Crippen LogP contribution in [-0.2, 0) is 0 Å². The number of hydrogen-bond acceptors (Lipinski definition) is 2. The standard InChI is InChI=1S/C13H13ClN2/c1-8-4-5-9(2)11(6-8)12-10(3)13(14)16-7-15-12/h4-7H,1-3H3. The van der Waals surface area contributed by atoms with Crippen molar-refractivity contribution in [3.05, 3.63) is 46.4 Å². The fraction of sp³-hybridized carbons (Fsp3) is 0.231. The summed E-state index contributed by atoms with van der Waals surface area (Å²) >= 11 is 6.00. The maximum absolute atomic E-state index is 6.00. The van der Waals surface area contributed by atoms with E-state index in [1.54, 1.807) is 0 Å². The maximum Gasteiger partial charge on any atom is 0.135 e. The first-order valence-electron chi connectivity index (χ1n) is 5.14. The molecule has 0 saturated heterocycles. The lowest BCUT2D eigenvalue weighted by Gasteiger charge is -2.09. The summed E-state index contributed by atoms with van der Waals surface area (Å²) in [6, 6.07) is 6.32. The Morgan fingerprint density at radius 2 is 1.81 bits per heavy atom. The van der Waals surface area contributed by atoms with Gasteiger partial charge < -0.3 is 0 Å². The van der Waals surface area contributed by atoms with Gasteiger partial charge in [-0.05, 0) is 32.4 Å².